The minimum atomic E-state index is 0.887. The number of hydrogen-bond acceptors (Lipinski definition) is 2. The van der Waals surface area contributed by atoms with Crippen molar-refractivity contribution in [2.45, 2.75) is 0 Å². The van der Waals surface area contributed by atoms with Crippen LogP contribution in [-0.2, 0) is 0 Å². The van der Waals surface area contributed by atoms with Crippen molar-refractivity contribution in [2.75, 3.05) is 4.90 Å². The SMILES string of the molecule is c1ccc(-c2cc3c4cc(-c5cccc(N(c6ccccc6)c6ccc7c8ccccc8n(-c8ccccc8)c7c6)c5)ccc4oc3c3ccccc23)cc1. The van der Waals surface area contributed by atoms with Gasteiger partial charge in [-0.2, -0.15) is 0 Å². The molecule has 3 heteroatoms. The van der Waals surface area contributed by atoms with Gasteiger partial charge in [-0.25, -0.2) is 0 Å². The first-order chi connectivity index (χ1) is 27.3. The molecule has 55 heavy (non-hydrogen) atoms. The molecule has 2 heterocycles. The van der Waals surface area contributed by atoms with Crippen LogP contribution in [0.1, 0.15) is 0 Å². The first kappa shape index (κ1) is 31.2. The summed E-state index contributed by atoms with van der Waals surface area (Å²) in [5.41, 5.74) is 13.3. The Hall–Kier alpha value is -7.36. The highest BCUT2D eigenvalue weighted by atomic mass is 16.3. The van der Waals surface area contributed by atoms with E-state index in [1.165, 1.54) is 38.3 Å². The number of anilines is 3. The maximum atomic E-state index is 6.61. The molecule has 0 bridgehead atoms. The molecule has 0 aliphatic carbocycles. The monoisotopic (exact) mass is 702 g/mol. The molecule has 11 aromatic rings. The largest absolute Gasteiger partial charge is 0.455 e. The van der Waals surface area contributed by atoms with E-state index >= 15 is 0 Å². The highest BCUT2D eigenvalue weighted by Gasteiger charge is 2.19. The highest BCUT2D eigenvalue weighted by molar-refractivity contribution is 6.19. The van der Waals surface area contributed by atoms with Gasteiger partial charge in [-0.3, -0.25) is 0 Å². The fraction of sp³-hybridized carbons (Fsp3) is 0. The standard InChI is InChI=1S/C52H34N2O/c1-4-15-35(16-5-1)46-34-48-47-32-37(27-30-51(47)55-52(48)45-25-11-10-23-42(45)46)36-17-14-22-40(31-36)53(38-18-6-2-7-19-38)41-28-29-44-43-24-12-13-26-49(43)54(50(44)33-41)39-20-8-3-9-21-39/h1-34H. The van der Waals surface area contributed by atoms with Gasteiger partial charge >= 0.3 is 0 Å². The van der Waals surface area contributed by atoms with Crippen molar-refractivity contribution in [3.05, 3.63) is 206 Å². The molecule has 0 atom stereocenters. The van der Waals surface area contributed by atoms with Gasteiger partial charge < -0.3 is 13.9 Å². The van der Waals surface area contributed by atoms with Crippen LogP contribution in [0.25, 0.3) is 82.5 Å². The fourth-order valence-electron chi connectivity index (χ4n) is 8.44. The van der Waals surface area contributed by atoms with E-state index in [2.05, 4.69) is 216 Å². The summed E-state index contributed by atoms with van der Waals surface area (Å²) in [6.45, 7) is 0. The third-order valence-corrected chi connectivity index (χ3v) is 10.9. The summed E-state index contributed by atoms with van der Waals surface area (Å²) in [6, 6.07) is 73.9. The molecule has 3 nitrogen and oxygen atoms in total. The predicted molar refractivity (Wildman–Crippen MR) is 231 cm³/mol. The fourth-order valence-corrected chi connectivity index (χ4v) is 8.44. The summed E-state index contributed by atoms with van der Waals surface area (Å²) in [5.74, 6) is 0. The number of hydrogen-bond donors (Lipinski definition) is 0. The third kappa shape index (κ3) is 5.13. The Bertz CT molecular complexity index is 3200. The lowest BCUT2D eigenvalue weighted by Gasteiger charge is -2.26. The van der Waals surface area contributed by atoms with Crippen molar-refractivity contribution >= 4 is 71.6 Å². The Labute approximate surface area is 318 Å². The Kier molecular flexibility index (Phi) is 7.17. The Morgan fingerprint density at radius 2 is 0.964 bits per heavy atom. The summed E-state index contributed by atoms with van der Waals surface area (Å²) >= 11 is 0. The first-order valence-corrected chi connectivity index (χ1v) is 18.8. The van der Waals surface area contributed by atoms with E-state index in [1.807, 2.05) is 0 Å². The number of nitrogens with zero attached hydrogens (tertiary/aromatic N) is 2. The molecule has 0 unspecified atom stereocenters. The van der Waals surface area contributed by atoms with Gasteiger partial charge in [0.05, 0.1) is 11.0 Å². The minimum Gasteiger partial charge on any atom is -0.455 e. The van der Waals surface area contributed by atoms with Crippen LogP contribution in [0.5, 0.6) is 0 Å². The Morgan fingerprint density at radius 1 is 0.345 bits per heavy atom. The molecule has 0 saturated heterocycles. The topological polar surface area (TPSA) is 21.3 Å². The molecule has 2 aromatic heterocycles. The second kappa shape index (κ2) is 12.6. The first-order valence-electron chi connectivity index (χ1n) is 18.8. The van der Waals surface area contributed by atoms with Crippen LogP contribution in [0.15, 0.2) is 211 Å². The lowest BCUT2D eigenvalue weighted by atomic mass is 9.95. The molecule has 11 rings (SSSR count). The molecule has 0 radical (unpaired) electrons. The van der Waals surface area contributed by atoms with Crippen molar-refractivity contribution < 1.29 is 4.42 Å². The summed E-state index contributed by atoms with van der Waals surface area (Å²) in [4.78, 5) is 2.36. The Balaban J connectivity index is 1.08. The van der Waals surface area contributed by atoms with Gasteiger partial charge in [0.2, 0.25) is 0 Å². The minimum absolute atomic E-state index is 0.887. The van der Waals surface area contributed by atoms with E-state index in [1.54, 1.807) is 0 Å². The number of furan rings is 1. The van der Waals surface area contributed by atoms with Crippen LogP contribution in [0.3, 0.4) is 0 Å². The molecular weight excluding hydrogens is 669 g/mol. The van der Waals surface area contributed by atoms with Crippen molar-refractivity contribution in [1.82, 2.24) is 4.57 Å². The number of fused-ring (bicyclic) bond motifs is 8. The lowest BCUT2D eigenvalue weighted by molar-refractivity contribution is 0.673. The van der Waals surface area contributed by atoms with Gasteiger partial charge in [-0.05, 0) is 100 Å². The van der Waals surface area contributed by atoms with Crippen LogP contribution >= 0.6 is 0 Å². The quantitative estimate of drug-likeness (QED) is 0.172. The smallest absolute Gasteiger partial charge is 0.143 e. The molecule has 0 aliphatic rings. The Morgan fingerprint density at radius 3 is 1.78 bits per heavy atom. The van der Waals surface area contributed by atoms with Crippen molar-refractivity contribution in [2.24, 2.45) is 0 Å². The highest BCUT2D eigenvalue weighted by Crippen LogP contribution is 2.43. The zero-order valence-corrected chi connectivity index (χ0v) is 29.9. The summed E-state index contributed by atoms with van der Waals surface area (Å²) in [7, 11) is 0. The van der Waals surface area contributed by atoms with E-state index in [4.69, 9.17) is 4.42 Å². The van der Waals surface area contributed by atoms with Crippen LogP contribution in [0.4, 0.5) is 17.1 Å². The zero-order chi connectivity index (χ0) is 36.3. The number of aromatic nitrogens is 1. The second-order valence-corrected chi connectivity index (χ2v) is 14.1. The number of benzene rings is 9. The summed E-state index contributed by atoms with van der Waals surface area (Å²) in [6.07, 6.45) is 0. The molecule has 0 spiro atoms. The summed E-state index contributed by atoms with van der Waals surface area (Å²) < 4.78 is 8.99. The predicted octanol–water partition coefficient (Wildman–Crippen LogP) is 14.6. The van der Waals surface area contributed by atoms with E-state index in [0.717, 1.165) is 61.2 Å². The van der Waals surface area contributed by atoms with Gasteiger partial charge in [-0.1, -0.05) is 133 Å². The average Bonchev–Trinajstić information content (AvgIpc) is 3.80. The number of rotatable bonds is 6. The maximum Gasteiger partial charge on any atom is 0.143 e. The molecule has 0 fully saturated rings. The second-order valence-electron chi connectivity index (χ2n) is 14.1. The van der Waals surface area contributed by atoms with Crippen molar-refractivity contribution in [3.8, 4) is 27.9 Å². The molecule has 0 saturated carbocycles. The molecule has 0 aliphatic heterocycles. The van der Waals surface area contributed by atoms with E-state index < -0.39 is 0 Å². The summed E-state index contributed by atoms with van der Waals surface area (Å²) in [5, 5.41) is 7.02. The van der Waals surface area contributed by atoms with Crippen LogP contribution in [0, 0.1) is 0 Å². The normalized spacial score (nSPS) is 11.6. The van der Waals surface area contributed by atoms with E-state index in [-0.39, 0.29) is 0 Å². The molecule has 9 aromatic carbocycles. The van der Waals surface area contributed by atoms with E-state index in [9.17, 15) is 0 Å². The van der Waals surface area contributed by atoms with Gasteiger partial charge in [0.25, 0.3) is 0 Å². The number of para-hydroxylation sites is 3. The van der Waals surface area contributed by atoms with Gasteiger partial charge in [0.15, 0.2) is 0 Å². The molecule has 258 valence electrons. The average molecular weight is 703 g/mol. The van der Waals surface area contributed by atoms with Gasteiger partial charge in [0.1, 0.15) is 11.2 Å². The van der Waals surface area contributed by atoms with Gasteiger partial charge in [-0.15, -0.1) is 0 Å². The van der Waals surface area contributed by atoms with E-state index in [0.29, 0.717) is 0 Å². The zero-order valence-electron chi connectivity index (χ0n) is 29.9. The maximum absolute atomic E-state index is 6.61. The van der Waals surface area contributed by atoms with Crippen LogP contribution < -0.4 is 4.90 Å². The third-order valence-electron chi connectivity index (χ3n) is 10.9. The van der Waals surface area contributed by atoms with Crippen molar-refractivity contribution in [3.63, 3.8) is 0 Å². The van der Waals surface area contributed by atoms with Crippen LogP contribution in [0.2, 0.25) is 0 Å². The molecule has 0 N–H and O–H groups in total. The van der Waals surface area contributed by atoms with Crippen molar-refractivity contribution in [1.29, 1.82) is 0 Å². The lowest BCUT2D eigenvalue weighted by Crippen LogP contribution is -2.10. The van der Waals surface area contributed by atoms with Gasteiger partial charge in [0, 0.05) is 49.7 Å². The van der Waals surface area contributed by atoms with Crippen LogP contribution in [-0.4, -0.2) is 4.57 Å². The molecular formula is C52H34N2O. The molecule has 0 amide bonds.